The van der Waals surface area contributed by atoms with E-state index in [0.29, 0.717) is 0 Å². The van der Waals surface area contributed by atoms with Crippen molar-refractivity contribution in [3.63, 3.8) is 0 Å². The monoisotopic (exact) mass is 151 g/mol. The lowest BCUT2D eigenvalue weighted by atomic mass is 10.2. The van der Waals surface area contributed by atoms with Gasteiger partial charge in [-0.15, -0.1) is 0 Å². The van der Waals surface area contributed by atoms with Crippen LogP contribution in [0, 0.1) is 6.92 Å². The van der Waals surface area contributed by atoms with Crippen LogP contribution in [0.2, 0.25) is 0 Å². The van der Waals surface area contributed by atoms with Crippen LogP contribution in [0.5, 0.6) is 0 Å². The van der Waals surface area contributed by atoms with E-state index < -0.39 is 0 Å². The molecule has 1 heterocycles. The molecule has 0 unspecified atom stereocenters. The van der Waals surface area contributed by atoms with Gasteiger partial charge in [-0.2, -0.15) is 0 Å². The van der Waals surface area contributed by atoms with Gasteiger partial charge in [0.05, 0.1) is 5.69 Å². The van der Waals surface area contributed by atoms with Crippen molar-refractivity contribution < 1.29 is 4.79 Å². The highest BCUT2D eigenvalue weighted by Crippen LogP contribution is 2.10. The maximum atomic E-state index is 11.0. The molecule has 1 rings (SSSR count). The number of rotatable bonds is 2. The predicted octanol–water partition coefficient (Wildman–Crippen LogP) is 2.09. The third kappa shape index (κ3) is 1.50. The molecule has 1 aromatic heterocycles. The fourth-order valence-corrected chi connectivity index (χ4v) is 1.18. The Morgan fingerprint density at radius 2 is 2.27 bits per heavy atom. The first-order valence-electron chi connectivity index (χ1n) is 3.84. The van der Waals surface area contributed by atoms with Gasteiger partial charge in [-0.1, -0.05) is 6.92 Å². The number of Topliss-reactive ketones (excluding diaryl/α,β-unsaturated/α-hetero) is 1. The molecule has 1 N–H and O–H groups in total. The zero-order valence-electron chi connectivity index (χ0n) is 7.19. The second kappa shape index (κ2) is 2.91. The highest BCUT2D eigenvalue weighted by atomic mass is 16.1. The van der Waals surface area contributed by atoms with Gasteiger partial charge in [-0.25, -0.2) is 0 Å². The van der Waals surface area contributed by atoms with Crippen LogP contribution in [0.3, 0.4) is 0 Å². The lowest BCUT2D eigenvalue weighted by Crippen LogP contribution is -1.94. The standard InChI is InChI=1S/C9H13NO/c1-4-8-5-6(2)9(10-8)7(3)11/h5,10H,4H2,1-3H3. The molecule has 1 aromatic rings. The van der Waals surface area contributed by atoms with E-state index in [4.69, 9.17) is 0 Å². The SMILES string of the molecule is CCc1cc(C)c(C(C)=O)[nH]1. The number of nitrogens with one attached hydrogen (secondary N) is 1. The lowest BCUT2D eigenvalue weighted by molar-refractivity contribution is 0.101. The molecule has 11 heavy (non-hydrogen) atoms. The highest BCUT2D eigenvalue weighted by molar-refractivity contribution is 5.93. The number of carbonyl (C=O) groups is 1. The average molecular weight is 151 g/mol. The number of hydrogen-bond donors (Lipinski definition) is 1. The molecule has 0 amide bonds. The van der Waals surface area contributed by atoms with Gasteiger partial charge in [-0.3, -0.25) is 4.79 Å². The molecule has 0 bridgehead atoms. The van der Waals surface area contributed by atoms with E-state index in [1.165, 1.54) is 0 Å². The third-order valence-electron chi connectivity index (χ3n) is 1.80. The van der Waals surface area contributed by atoms with Gasteiger partial charge < -0.3 is 4.98 Å². The van der Waals surface area contributed by atoms with Crippen LogP contribution in [0.4, 0.5) is 0 Å². The summed E-state index contributed by atoms with van der Waals surface area (Å²) in [7, 11) is 0. The van der Waals surface area contributed by atoms with Crippen LogP contribution in [0.25, 0.3) is 0 Å². The third-order valence-corrected chi connectivity index (χ3v) is 1.80. The molecule has 0 aromatic carbocycles. The zero-order valence-corrected chi connectivity index (χ0v) is 7.19. The summed E-state index contributed by atoms with van der Waals surface area (Å²) in [5.41, 5.74) is 2.93. The van der Waals surface area contributed by atoms with Gasteiger partial charge in [0.25, 0.3) is 0 Å². The Kier molecular flexibility index (Phi) is 2.13. The van der Waals surface area contributed by atoms with Crippen molar-refractivity contribution in [2.24, 2.45) is 0 Å². The van der Waals surface area contributed by atoms with Crippen molar-refractivity contribution in [2.75, 3.05) is 0 Å². The summed E-state index contributed by atoms with van der Waals surface area (Å²) in [5, 5.41) is 0. The largest absolute Gasteiger partial charge is 0.356 e. The quantitative estimate of drug-likeness (QED) is 0.645. The molecule has 0 spiro atoms. The van der Waals surface area contributed by atoms with Gasteiger partial charge in [0.2, 0.25) is 0 Å². The molecule has 0 saturated heterocycles. The second-order valence-electron chi connectivity index (χ2n) is 2.76. The van der Waals surface area contributed by atoms with Crippen molar-refractivity contribution in [3.8, 4) is 0 Å². The molecule has 0 aliphatic heterocycles. The van der Waals surface area contributed by atoms with Crippen LogP contribution in [0.1, 0.15) is 35.6 Å². The van der Waals surface area contributed by atoms with E-state index >= 15 is 0 Å². The number of ketones is 1. The number of hydrogen-bond acceptors (Lipinski definition) is 1. The maximum Gasteiger partial charge on any atom is 0.176 e. The average Bonchev–Trinajstić information content (AvgIpc) is 2.30. The first-order chi connectivity index (χ1) is 5.15. The molecule has 0 aliphatic carbocycles. The Balaban J connectivity index is 3.07. The molecule has 0 fully saturated rings. The minimum atomic E-state index is 0.113. The van der Waals surface area contributed by atoms with Gasteiger partial charge in [0.15, 0.2) is 5.78 Å². The van der Waals surface area contributed by atoms with Crippen molar-refractivity contribution >= 4 is 5.78 Å². The summed E-state index contributed by atoms with van der Waals surface area (Å²) in [6, 6.07) is 2.02. The van der Waals surface area contributed by atoms with E-state index in [1.54, 1.807) is 6.92 Å². The smallest absolute Gasteiger partial charge is 0.176 e. The van der Waals surface area contributed by atoms with E-state index in [-0.39, 0.29) is 5.78 Å². The molecule has 2 heteroatoms. The molecule has 2 nitrogen and oxygen atoms in total. The van der Waals surface area contributed by atoms with E-state index in [9.17, 15) is 4.79 Å². The fraction of sp³-hybridized carbons (Fsp3) is 0.444. The Bertz CT molecular complexity index is 273. The molecular weight excluding hydrogens is 138 g/mol. The Labute approximate surface area is 66.6 Å². The second-order valence-corrected chi connectivity index (χ2v) is 2.76. The fourth-order valence-electron chi connectivity index (χ4n) is 1.18. The van der Waals surface area contributed by atoms with Crippen LogP contribution < -0.4 is 0 Å². The van der Waals surface area contributed by atoms with Gasteiger partial charge in [0.1, 0.15) is 0 Å². The Hall–Kier alpha value is -1.05. The number of aromatic amines is 1. The zero-order chi connectivity index (χ0) is 8.43. The van der Waals surface area contributed by atoms with Crippen molar-refractivity contribution in [2.45, 2.75) is 27.2 Å². The molecule has 0 radical (unpaired) electrons. The van der Waals surface area contributed by atoms with E-state index in [2.05, 4.69) is 11.9 Å². The number of aryl methyl sites for hydroxylation is 2. The van der Waals surface area contributed by atoms with E-state index in [1.807, 2.05) is 13.0 Å². The highest BCUT2D eigenvalue weighted by Gasteiger charge is 2.06. The van der Waals surface area contributed by atoms with Crippen molar-refractivity contribution in [1.29, 1.82) is 0 Å². The number of aromatic nitrogens is 1. The van der Waals surface area contributed by atoms with Crippen LogP contribution >= 0.6 is 0 Å². The molecule has 0 atom stereocenters. The summed E-state index contributed by atoms with van der Waals surface area (Å²) in [4.78, 5) is 14.0. The summed E-state index contributed by atoms with van der Waals surface area (Å²) < 4.78 is 0. The maximum absolute atomic E-state index is 11.0. The van der Waals surface area contributed by atoms with Crippen LogP contribution in [-0.4, -0.2) is 10.8 Å². The first-order valence-corrected chi connectivity index (χ1v) is 3.84. The summed E-state index contributed by atoms with van der Waals surface area (Å²) in [6.45, 7) is 5.60. The topological polar surface area (TPSA) is 32.9 Å². The Morgan fingerprint density at radius 3 is 2.55 bits per heavy atom. The van der Waals surface area contributed by atoms with Gasteiger partial charge >= 0.3 is 0 Å². The summed E-state index contributed by atoms with van der Waals surface area (Å²) in [5.74, 6) is 0.113. The number of carbonyl (C=O) groups excluding carboxylic acids is 1. The number of H-pyrrole nitrogens is 1. The minimum Gasteiger partial charge on any atom is -0.356 e. The normalized spacial score (nSPS) is 10.1. The lowest BCUT2D eigenvalue weighted by Gasteiger charge is -1.90. The first kappa shape index (κ1) is 8.05. The molecule has 60 valence electrons. The van der Waals surface area contributed by atoms with Crippen molar-refractivity contribution in [1.82, 2.24) is 4.98 Å². The molecule has 0 aliphatic rings. The summed E-state index contributed by atoms with van der Waals surface area (Å²) >= 11 is 0. The molecular formula is C9H13NO. The molecule has 0 saturated carbocycles. The summed E-state index contributed by atoms with van der Waals surface area (Å²) in [6.07, 6.45) is 0.952. The predicted molar refractivity (Wildman–Crippen MR) is 44.9 cm³/mol. The van der Waals surface area contributed by atoms with Crippen LogP contribution in [-0.2, 0) is 6.42 Å². The minimum absolute atomic E-state index is 0.113. The van der Waals surface area contributed by atoms with Gasteiger partial charge in [-0.05, 0) is 25.0 Å². The van der Waals surface area contributed by atoms with Gasteiger partial charge in [0, 0.05) is 12.6 Å². The van der Waals surface area contributed by atoms with E-state index in [0.717, 1.165) is 23.4 Å². The van der Waals surface area contributed by atoms with Crippen LogP contribution in [0.15, 0.2) is 6.07 Å². The van der Waals surface area contributed by atoms with Crippen molar-refractivity contribution in [3.05, 3.63) is 23.0 Å². The Morgan fingerprint density at radius 1 is 1.64 bits per heavy atom.